The van der Waals surface area contributed by atoms with Gasteiger partial charge in [0.05, 0.1) is 12.4 Å². The minimum atomic E-state index is -0.270. The number of anilines is 1. The summed E-state index contributed by atoms with van der Waals surface area (Å²) in [4.78, 5) is 25.3. The standard InChI is InChI=1S/C7H7N5O/c1-8-7-10-2-4-6(12-7)11-5(13)3-9-4/h2-3H,1H3,(H2,8,10,11,12,13). The first-order valence-electron chi connectivity index (χ1n) is 3.69. The van der Waals surface area contributed by atoms with Gasteiger partial charge in [0.1, 0.15) is 5.52 Å². The molecule has 2 aromatic heterocycles. The second-order valence-electron chi connectivity index (χ2n) is 2.42. The average Bonchev–Trinajstić information content (AvgIpc) is 2.16. The van der Waals surface area contributed by atoms with Crippen molar-refractivity contribution in [2.75, 3.05) is 12.4 Å². The summed E-state index contributed by atoms with van der Waals surface area (Å²) in [6.07, 6.45) is 2.74. The van der Waals surface area contributed by atoms with E-state index in [1.165, 1.54) is 6.20 Å². The monoisotopic (exact) mass is 177 g/mol. The molecule has 2 heterocycles. The highest BCUT2D eigenvalue weighted by molar-refractivity contribution is 5.68. The number of nitrogens with one attached hydrogen (secondary N) is 2. The minimum Gasteiger partial charge on any atom is -0.357 e. The Kier molecular flexibility index (Phi) is 1.66. The largest absolute Gasteiger partial charge is 0.357 e. The molecule has 2 N–H and O–H groups in total. The molecule has 0 radical (unpaired) electrons. The van der Waals surface area contributed by atoms with Gasteiger partial charge in [0.25, 0.3) is 5.56 Å². The van der Waals surface area contributed by atoms with Gasteiger partial charge in [0.2, 0.25) is 5.95 Å². The van der Waals surface area contributed by atoms with E-state index in [-0.39, 0.29) is 5.56 Å². The quantitative estimate of drug-likeness (QED) is 0.627. The molecule has 6 heteroatoms. The Morgan fingerprint density at radius 3 is 3.00 bits per heavy atom. The lowest BCUT2D eigenvalue weighted by Gasteiger charge is -1.98. The Hall–Kier alpha value is -1.98. The molecule has 0 aliphatic rings. The van der Waals surface area contributed by atoms with E-state index in [1.54, 1.807) is 13.2 Å². The number of fused-ring (bicyclic) bond motifs is 1. The number of aromatic amines is 1. The van der Waals surface area contributed by atoms with Crippen molar-refractivity contribution in [1.82, 2.24) is 19.9 Å². The number of aromatic nitrogens is 4. The Labute approximate surface area is 73.1 Å². The molecule has 0 fully saturated rings. The van der Waals surface area contributed by atoms with Crippen LogP contribution in [0.25, 0.3) is 11.2 Å². The first-order valence-corrected chi connectivity index (χ1v) is 3.69. The lowest BCUT2D eigenvalue weighted by Crippen LogP contribution is -2.07. The molecular formula is C7H7N5O. The van der Waals surface area contributed by atoms with E-state index in [0.29, 0.717) is 17.1 Å². The van der Waals surface area contributed by atoms with Crippen LogP contribution < -0.4 is 10.9 Å². The predicted octanol–water partition coefficient (Wildman–Crippen LogP) is -0.245. The molecule has 6 nitrogen and oxygen atoms in total. The number of nitrogens with zero attached hydrogens (tertiary/aromatic N) is 3. The van der Waals surface area contributed by atoms with Crippen molar-refractivity contribution in [1.29, 1.82) is 0 Å². The fraction of sp³-hybridized carbons (Fsp3) is 0.143. The second-order valence-corrected chi connectivity index (χ2v) is 2.42. The molecule has 13 heavy (non-hydrogen) atoms. The molecule has 0 unspecified atom stereocenters. The van der Waals surface area contributed by atoms with Crippen LogP contribution in [-0.2, 0) is 0 Å². The highest BCUT2D eigenvalue weighted by atomic mass is 16.1. The number of hydrogen-bond acceptors (Lipinski definition) is 5. The van der Waals surface area contributed by atoms with Gasteiger partial charge in [-0.05, 0) is 0 Å². The first-order chi connectivity index (χ1) is 6.29. The van der Waals surface area contributed by atoms with Gasteiger partial charge in [-0.3, -0.25) is 4.79 Å². The summed E-state index contributed by atoms with van der Waals surface area (Å²) in [5, 5.41) is 2.77. The van der Waals surface area contributed by atoms with Crippen LogP contribution >= 0.6 is 0 Å². The van der Waals surface area contributed by atoms with Crippen LogP contribution in [0.15, 0.2) is 17.2 Å². The maximum absolute atomic E-state index is 10.9. The molecule has 0 saturated carbocycles. The predicted molar refractivity (Wildman–Crippen MR) is 47.5 cm³/mol. The third-order valence-electron chi connectivity index (χ3n) is 1.56. The summed E-state index contributed by atoms with van der Waals surface area (Å²) >= 11 is 0. The van der Waals surface area contributed by atoms with Crippen LogP contribution in [0.4, 0.5) is 5.95 Å². The van der Waals surface area contributed by atoms with Gasteiger partial charge in [-0.2, -0.15) is 4.98 Å². The molecule has 66 valence electrons. The van der Waals surface area contributed by atoms with E-state index in [1.807, 2.05) is 0 Å². The van der Waals surface area contributed by atoms with E-state index in [0.717, 1.165) is 0 Å². The molecule has 2 rings (SSSR count). The highest BCUT2D eigenvalue weighted by Crippen LogP contribution is 2.03. The molecule has 0 bridgehead atoms. The third kappa shape index (κ3) is 1.33. The van der Waals surface area contributed by atoms with Crippen molar-refractivity contribution in [3.05, 3.63) is 22.7 Å². The molecule has 0 aromatic carbocycles. The zero-order valence-corrected chi connectivity index (χ0v) is 6.90. The molecule has 0 atom stereocenters. The van der Waals surface area contributed by atoms with E-state index in [9.17, 15) is 4.79 Å². The molecule has 0 aliphatic heterocycles. The lowest BCUT2D eigenvalue weighted by molar-refractivity contribution is 1.11. The fourth-order valence-electron chi connectivity index (χ4n) is 0.960. The summed E-state index contributed by atoms with van der Waals surface area (Å²) in [5.41, 5.74) is 0.735. The number of hydrogen-bond donors (Lipinski definition) is 2. The second kappa shape index (κ2) is 2.81. The molecular weight excluding hydrogens is 170 g/mol. The van der Waals surface area contributed by atoms with Crippen molar-refractivity contribution in [2.45, 2.75) is 0 Å². The Morgan fingerprint density at radius 2 is 2.23 bits per heavy atom. The van der Waals surface area contributed by atoms with Crippen LogP contribution in [0.1, 0.15) is 0 Å². The smallest absolute Gasteiger partial charge is 0.268 e. The maximum Gasteiger partial charge on any atom is 0.268 e. The SMILES string of the molecule is CNc1ncc2ncc(=O)[nH]c2n1. The van der Waals surface area contributed by atoms with Crippen molar-refractivity contribution in [3.8, 4) is 0 Å². The Bertz CT molecular complexity index is 491. The van der Waals surface area contributed by atoms with Gasteiger partial charge in [-0.15, -0.1) is 0 Å². The molecule has 0 aliphatic carbocycles. The van der Waals surface area contributed by atoms with E-state index >= 15 is 0 Å². The highest BCUT2D eigenvalue weighted by Gasteiger charge is 1.98. The molecule has 0 amide bonds. The van der Waals surface area contributed by atoms with E-state index in [2.05, 4.69) is 25.3 Å². The lowest BCUT2D eigenvalue weighted by atomic mass is 10.5. The van der Waals surface area contributed by atoms with Gasteiger partial charge >= 0.3 is 0 Å². The zero-order valence-electron chi connectivity index (χ0n) is 6.90. The zero-order chi connectivity index (χ0) is 9.26. The van der Waals surface area contributed by atoms with Crippen molar-refractivity contribution in [3.63, 3.8) is 0 Å². The van der Waals surface area contributed by atoms with Crippen LogP contribution in [0, 0.1) is 0 Å². The maximum atomic E-state index is 10.9. The van der Waals surface area contributed by atoms with Gasteiger partial charge in [-0.1, -0.05) is 0 Å². The Morgan fingerprint density at radius 1 is 1.38 bits per heavy atom. The summed E-state index contributed by atoms with van der Waals surface area (Å²) in [7, 11) is 1.70. The van der Waals surface area contributed by atoms with Crippen LogP contribution in [0.5, 0.6) is 0 Å². The average molecular weight is 177 g/mol. The summed E-state index contributed by atoms with van der Waals surface area (Å²) in [5.74, 6) is 0.455. The van der Waals surface area contributed by atoms with Gasteiger partial charge in [0.15, 0.2) is 5.65 Å². The summed E-state index contributed by atoms with van der Waals surface area (Å²) < 4.78 is 0. The molecule has 0 saturated heterocycles. The third-order valence-corrected chi connectivity index (χ3v) is 1.56. The van der Waals surface area contributed by atoms with Crippen molar-refractivity contribution >= 4 is 17.1 Å². The van der Waals surface area contributed by atoms with Gasteiger partial charge in [0, 0.05) is 7.05 Å². The van der Waals surface area contributed by atoms with Crippen molar-refractivity contribution in [2.24, 2.45) is 0 Å². The normalized spacial score (nSPS) is 10.2. The summed E-state index contributed by atoms with van der Waals surface area (Å²) in [6, 6.07) is 0. The van der Waals surface area contributed by atoms with Crippen LogP contribution in [0.2, 0.25) is 0 Å². The first kappa shape index (κ1) is 7.66. The Balaban J connectivity index is 2.75. The summed E-state index contributed by atoms with van der Waals surface area (Å²) in [6.45, 7) is 0. The van der Waals surface area contributed by atoms with Crippen LogP contribution in [-0.4, -0.2) is 27.0 Å². The fourth-order valence-corrected chi connectivity index (χ4v) is 0.960. The number of rotatable bonds is 1. The van der Waals surface area contributed by atoms with Crippen molar-refractivity contribution < 1.29 is 0 Å². The van der Waals surface area contributed by atoms with Crippen LogP contribution in [0.3, 0.4) is 0 Å². The minimum absolute atomic E-state index is 0.270. The van der Waals surface area contributed by atoms with E-state index < -0.39 is 0 Å². The molecule has 0 spiro atoms. The van der Waals surface area contributed by atoms with Gasteiger partial charge < -0.3 is 10.3 Å². The topological polar surface area (TPSA) is 83.6 Å². The van der Waals surface area contributed by atoms with Gasteiger partial charge in [-0.25, -0.2) is 9.97 Å². The van der Waals surface area contributed by atoms with E-state index in [4.69, 9.17) is 0 Å². The number of H-pyrrole nitrogens is 1. The molecule has 2 aromatic rings.